The number of hydrogen-bond acceptors (Lipinski definition) is 6. The van der Waals surface area contributed by atoms with Crippen LogP contribution in [0.2, 0.25) is 0 Å². The van der Waals surface area contributed by atoms with E-state index >= 15 is 0 Å². The van der Waals surface area contributed by atoms with Gasteiger partial charge in [0.05, 0.1) is 16.8 Å². The fraction of sp³-hybridized carbons (Fsp3) is 0.373. The monoisotopic (exact) mass is 953 g/mol. The van der Waals surface area contributed by atoms with Crippen LogP contribution in [-0.4, -0.2) is 25.8 Å². The van der Waals surface area contributed by atoms with Gasteiger partial charge in [0.1, 0.15) is 11.6 Å². The number of aromatic nitrogens is 3. The van der Waals surface area contributed by atoms with Gasteiger partial charge in [-0.3, -0.25) is 9.78 Å². The standard InChI is InChI=1S/C36H30N3O.C15H28O2.Ir/c1-20(2)16-24-17-22(4)32-29(19-24)21(3)18-30-33(37-23(5)38-34(30)32)28-13-9-12-26-27-14-15-31(25-10-7-6-8-11-25)39-36(27)40-35(26)28;1-7-14(5,8-2)12(16)11-13(17)15(6,9-3)10-4;/h6-12,14-15,17-20H,16H2,1-5H3;11,16H,7-10H2,1-6H3;/q-1;;/b;12-11-;. The molecule has 7 aromatic rings. The summed E-state index contributed by atoms with van der Waals surface area (Å²) in [4.78, 5) is 27.0. The Balaban J connectivity index is 0.000000304. The predicted octanol–water partition coefficient (Wildman–Crippen LogP) is 14.0. The molecule has 6 nitrogen and oxygen atoms in total. The molecule has 58 heavy (non-hydrogen) atoms. The van der Waals surface area contributed by atoms with Gasteiger partial charge in [0.25, 0.3) is 0 Å². The van der Waals surface area contributed by atoms with Gasteiger partial charge in [-0.2, -0.15) is 0 Å². The minimum absolute atomic E-state index is 0. The molecule has 0 unspecified atom stereocenters. The second kappa shape index (κ2) is 18.1. The van der Waals surface area contributed by atoms with E-state index in [1.165, 1.54) is 33.5 Å². The number of benzene rings is 4. The van der Waals surface area contributed by atoms with E-state index in [4.69, 9.17) is 19.4 Å². The summed E-state index contributed by atoms with van der Waals surface area (Å²) in [6.07, 6.45) is 5.82. The van der Waals surface area contributed by atoms with Crippen LogP contribution in [0, 0.1) is 43.6 Å². The van der Waals surface area contributed by atoms with E-state index in [0.717, 1.165) is 87.7 Å². The Morgan fingerprint density at radius 3 is 2.10 bits per heavy atom. The zero-order valence-corrected chi connectivity index (χ0v) is 38.5. The van der Waals surface area contributed by atoms with Crippen LogP contribution < -0.4 is 0 Å². The molecule has 0 spiro atoms. The van der Waals surface area contributed by atoms with E-state index in [-0.39, 0.29) is 42.5 Å². The normalized spacial score (nSPS) is 12.3. The summed E-state index contributed by atoms with van der Waals surface area (Å²) in [7, 11) is 0. The molecular formula is C51H58IrN3O3-. The van der Waals surface area contributed by atoms with Crippen molar-refractivity contribution in [3.8, 4) is 22.5 Å². The Morgan fingerprint density at radius 1 is 0.793 bits per heavy atom. The number of allylic oxidation sites excluding steroid dienone is 2. The topological polar surface area (TPSA) is 89.1 Å². The average Bonchev–Trinajstić information content (AvgIpc) is 3.59. The molecule has 0 amide bonds. The van der Waals surface area contributed by atoms with E-state index in [9.17, 15) is 9.90 Å². The molecule has 1 radical (unpaired) electrons. The molecule has 3 heterocycles. The first-order valence-corrected chi connectivity index (χ1v) is 20.6. The van der Waals surface area contributed by atoms with Crippen LogP contribution in [0.5, 0.6) is 0 Å². The number of aliphatic hydroxyl groups is 1. The van der Waals surface area contributed by atoms with Gasteiger partial charge >= 0.3 is 0 Å². The maximum atomic E-state index is 12.2. The van der Waals surface area contributed by atoms with Crippen molar-refractivity contribution < 1.29 is 34.4 Å². The third-order valence-electron chi connectivity index (χ3n) is 12.3. The molecule has 0 aliphatic carbocycles. The minimum atomic E-state index is -0.337. The van der Waals surface area contributed by atoms with Crippen molar-refractivity contribution in [3.05, 3.63) is 113 Å². The summed E-state index contributed by atoms with van der Waals surface area (Å²) in [5, 5.41) is 15.6. The number of nitrogens with zero attached hydrogens (tertiary/aromatic N) is 3. The number of ketones is 1. The fourth-order valence-corrected chi connectivity index (χ4v) is 7.72. The molecule has 3 aromatic heterocycles. The molecule has 4 aromatic carbocycles. The van der Waals surface area contributed by atoms with Crippen molar-refractivity contribution in [1.82, 2.24) is 15.0 Å². The molecule has 1 N–H and O–H groups in total. The van der Waals surface area contributed by atoms with Gasteiger partial charge in [0.15, 0.2) is 5.78 Å². The van der Waals surface area contributed by atoms with Crippen LogP contribution in [0.25, 0.3) is 66.3 Å². The first kappa shape index (κ1) is 44.4. The first-order valence-electron chi connectivity index (χ1n) is 20.6. The Morgan fingerprint density at radius 2 is 1.47 bits per heavy atom. The SMILES string of the molecule is CCC(C)(CC)C(=O)/C=C(\O)C(C)(CC)CC.Cc1nc(-c2[c-]ccc3c2oc2nc(-c4ccccc4)ccc23)c2cc(C)c3cc(CC(C)C)cc(C)c3c2n1.[Ir]. The van der Waals surface area contributed by atoms with Crippen LogP contribution in [0.1, 0.15) is 104 Å². The number of carbonyl (C=O) groups excluding carboxylic acids is 1. The van der Waals surface area contributed by atoms with Crippen molar-refractivity contribution in [2.45, 2.75) is 108 Å². The summed E-state index contributed by atoms with van der Waals surface area (Å²) >= 11 is 0. The molecular weight excluding hydrogens is 895 g/mol. The van der Waals surface area contributed by atoms with E-state index in [1.807, 2.05) is 78.8 Å². The average molecular weight is 953 g/mol. The van der Waals surface area contributed by atoms with E-state index < -0.39 is 0 Å². The molecule has 0 aliphatic heterocycles. The Bertz CT molecular complexity index is 2610. The van der Waals surface area contributed by atoms with E-state index in [2.05, 4.69) is 76.2 Å². The second-order valence-corrected chi connectivity index (χ2v) is 16.7. The minimum Gasteiger partial charge on any atom is -0.512 e. The number of furan rings is 1. The van der Waals surface area contributed by atoms with Crippen LogP contribution in [0.4, 0.5) is 0 Å². The zero-order valence-electron chi connectivity index (χ0n) is 36.1. The predicted molar refractivity (Wildman–Crippen MR) is 238 cm³/mol. The molecule has 7 heteroatoms. The van der Waals surface area contributed by atoms with Gasteiger partial charge in [-0.25, -0.2) is 9.97 Å². The Hall–Kier alpha value is -4.71. The molecule has 0 fully saturated rings. The smallest absolute Gasteiger partial charge is 0.216 e. The number of aliphatic hydroxyl groups excluding tert-OH is 1. The van der Waals surface area contributed by atoms with Crippen LogP contribution in [0.3, 0.4) is 0 Å². The third kappa shape index (κ3) is 8.67. The molecule has 0 aliphatic rings. The number of fused-ring (bicyclic) bond motifs is 6. The molecule has 0 atom stereocenters. The van der Waals surface area contributed by atoms with Crippen molar-refractivity contribution in [1.29, 1.82) is 0 Å². The molecule has 0 saturated carbocycles. The van der Waals surface area contributed by atoms with Gasteiger partial charge in [-0.05, 0) is 98.4 Å². The summed E-state index contributed by atoms with van der Waals surface area (Å²) in [5.74, 6) is 1.62. The van der Waals surface area contributed by atoms with E-state index in [1.54, 1.807) is 0 Å². The largest absolute Gasteiger partial charge is 0.512 e. The van der Waals surface area contributed by atoms with Gasteiger partial charge in [0, 0.05) is 59.0 Å². The van der Waals surface area contributed by atoms with Gasteiger partial charge in [0.2, 0.25) is 5.71 Å². The number of rotatable bonds is 11. The maximum Gasteiger partial charge on any atom is 0.216 e. The summed E-state index contributed by atoms with van der Waals surface area (Å²) < 4.78 is 6.48. The number of carbonyl (C=O) groups is 1. The second-order valence-electron chi connectivity index (χ2n) is 16.7. The molecule has 0 saturated heterocycles. The van der Waals surface area contributed by atoms with Crippen molar-refractivity contribution in [2.24, 2.45) is 16.7 Å². The van der Waals surface area contributed by atoms with Gasteiger partial charge in [-0.1, -0.05) is 115 Å². The van der Waals surface area contributed by atoms with Crippen LogP contribution >= 0.6 is 0 Å². The van der Waals surface area contributed by atoms with Crippen molar-refractivity contribution in [2.75, 3.05) is 0 Å². The van der Waals surface area contributed by atoms with Crippen LogP contribution in [0.15, 0.2) is 89.0 Å². The zero-order chi connectivity index (χ0) is 41.2. The number of hydrogen-bond donors (Lipinski definition) is 1. The van der Waals surface area contributed by atoms with Gasteiger partial charge in [-0.15, -0.1) is 18.2 Å². The Kier molecular flexibility index (Phi) is 13.8. The van der Waals surface area contributed by atoms with Crippen molar-refractivity contribution >= 4 is 49.5 Å². The number of aryl methyl sites for hydroxylation is 3. The molecule has 7 rings (SSSR count). The Labute approximate surface area is 358 Å². The van der Waals surface area contributed by atoms with E-state index in [0.29, 0.717) is 11.6 Å². The first-order chi connectivity index (χ1) is 27.2. The number of pyridine rings is 1. The van der Waals surface area contributed by atoms with Crippen LogP contribution in [-0.2, 0) is 31.3 Å². The maximum absolute atomic E-state index is 12.2. The fourth-order valence-electron chi connectivity index (χ4n) is 7.72. The molecule has 0 bridgehead atoms. The summed E-state index contributed by atoms with van der Waals surface area (Å²) in [6.45, 7) is 23.0. The van der Waals surface area contributed by atoms with Gasteiger partial charge < -0.3 is 9.52 Å². The summed E-state index contributed by atoms with van der Waals surface area (Å²) in [6, 6.07) is 28.7. The third-order valence-corrected chi connectivity index (χ3v) is 12.3. The quantitative estimate of drug-likeness (QED) is 0.0601. The van der Waals surface area contributed by atoms with Crippen molar-refractivity contribution in [3.63, 3.8) is 0 Å². The summed E-state index contributed by atoms with van der Waals surface area (Å²) in [5.41, 5.74) is 9.18. The molecule has 305 valence electrons.